The number of aromatic nitrogens is 6. The second-order valence-corrected chi connectivity index (χ2v) is 8.80. The van der Waals surface area contributed by atoms with E-state index in [0.29, 0.717) is 16.3 Å². The second-order valence-electron chi connectivity index (χ2n) is 6.15. The van der Waals surface area contributed by atoms with Gasteiger partial charge in [0.05, 0.1) is 26.8 Å². The third-order valence-corrected chi connectivity index (χ3v) is 6.69. The van der Waals surface area contributed by atoms with Crippen molar-refractivity contribution in [1.29, 1.82) is 0 Å². The fourth-order valence-electron chi connectivity index (χ4n) is 2.74. The van der Waals surface area contributed by atoms with Crippen LogP contribution < -0.4 is 5.32 Å². The van der Waals surface area contributed by atoms with Crippen LogP contribution in [0.4, 0.5) is 10.3 Å². The lowest BCUT2D eigenvalue weighted by atomic mass is 10.3. The van der Waals surface area contributed by atoms with E-state index in [1.165, 1.54) is 10.9 Å². The van der Waals surface area contributed by atoms with Gasteiger partial charge in [0.25, 0.3) is 0 Å². The fourth-order valence-corrected chi connectivity index (χ4v) is 4.49. The molecular formula is C18H12Cl2FN7O2S. The van der Waals surface area contributed by atoms with Gasteiger partial charge >= 0.3 is 0 Å². The summed E-state index contributed by atoms with van der Waals surface area (Å²) in [6, 6.07) is 9.02. The first kappa shape index (κ1) is 21.1. The second kappa shape index (κ2) is 8.53. The minimum absolute atomic E-state index is 0.00368. The molecule has 0 radical (unpaired) electrons. The van der Waals surface area contributed by atoms with Crippen molar-refractivity contribution < 1.29 is 12.8 Å². The van der Waals surface area contributed by atoms with Crippen LogP contribution in [0.25, 0.3) is 5.69 Å². The van der Waals surface area contributed by atoms with Crippen molar-refractivity contribution in [2.24, 2.45) is 0 Å². The fraction of sp³-hybridized carbons (Fsp3) is 0.0556. The Morgan fingerprint density at radius 1 is 1.13 bits per heavy atom. The smallest absolute Gasteiger partial charge is 0.248 e. The van der Waals surface area contributed by atoms with E-state index in [0.717, 1.165) is 18.5 Å². The van der Waals surface area contributed by atoms with Crippen molar-refractivity contribution in [2.75, 3.05) is 5.32 Å². The predicted octanol–water partition coefficient (Wildman–Crippen LogP) is 3.34. The van der Waals surface area contributed by atoms with Crippen LogP contribution in [0.2, 0.25) is 10.0 Å². The minimum atomic E-state index is -4.11. The van der Waals surface area contributed by atoms with Gasteiger partial charge in [-0.1, -0.05) is 40.4 Å². The summed E-state index contributed by atoms with van der Waals surface area (Å²) in [6.45, 7) is 0.00368. The van der Waals surface area contributed by atoms with E-state index in [2.05, 4.69) is 30.8 Å². The predicted molar refractivity (Wildman–Crippen MR) is 110 cm³/mol. The number of tetrazole rings is 1. The topological polar surface area (TPSA) is 116 Å². The molecule has 3 aromatic heterocycles. The Labute approximate surface area is 185 Å². The summed E-state index contributed by atoms with van der Waals surface area (Å²) < 4.78 is 40.8. The number of anilines is 1. The van der Waals surface area contributed by atoms with Gasteiger partial charge in [-0.15, -0.1) is 0 Å². The van der Waals surface area contributed by atoms with Gasteiger partial charge in [-0.05, 0) is 34.7 Å². The molecule has 1 N–H and O–H groups in total. The van der Waals surface area contributed by atoms with Crippen LogP contribution in [0.15, 0.2) is 64.9 Å². The number of halogens is 3. The molecule has 1 aromatic carbocycles. The molecular weight excluding hydrogens is 468 g/mol. The van der Waals surface area contributed by atoms with Crippen LogP contribution >= 0.6 is 23.2 Å². The zero-order valence-corrected chi connectivity index (χ0v) is 17.8. The highest BCUT2D eigenvalue weighted by Crippen LogP contribution is 2.29. The summed E-state index contributed by atoms with van der Waals surface area (Å²) in [5, 5.41) is 14.7. The maximum Gasteiger partial charge on any atom is 0.248 e. The van der Waals surface area contributed by atoms with E-state index >= 15 is 0 Å². The number of rotatable bonds is 6. The van der Waals surface area contributed by atoms with E-state index in [1.54, 1.807) is 30.3 Å². The standard InChI is InChI=1S/C18H12Cl2FN7O2S/c19-14-4-1-5-15(16(14)20)28-18(25-26-27-28)24-8-11-3-2-6-23-17(11)31(29,30)13-7-12(21)9-22-10-13/h1-7,9-10H,8H2,(H,24,25,27). The lowest BCUT2D eigenvalue weighted by molar-refractivity contribution is 0.584. The summed E-state index contributed by atoms with van der Waals surface area (Å²) in [5.74, 6) is -0.571. The van der Waals surface area contributed by atoms with Crippen molar-refractivity contribution in [2.45, 2.75) is 16.5 Å². The SMILES string of the molecule is O=S(=O)(c1cncc(F)c1)c1ncccc1CNc1nnnn1-c1cccc(Cl)c1Cl. The van der Waals surface area contributed by atoms with Gasteiger partial charge in [0.15, 0.2) is 5.03 Å². The Balaban J connectivity index is 1.65. The largest absolute Gasteiger partial charge is 0.349 e. The lowest BCUT2D eigenvalue weighted by Gasteiger charge is -2.12. The van der Waals surface area contributed by atoms with Gasteiger partial charge in [0, 0.05) is 24.5 Å². The summed E-state index contributed by atoms with van der Waals surface area (Å²) >= 11 is 12.3. The van der Waals surface area contributed by atoms with Crippen LogP contribution in [0.3, 0.4) is 0 Å². The molecule has 0 aliphatic heterocycles. The highest BCUT2D eigenvalue weighted by atomic mass is 35.5. The summed E-state index contributed by atoms with van der Waals surface area (Å²) in [5.41, 5.74) is 0.755. The number of hydrogen-bond donors (Lipinski definition) is 1. The average molecular weight is 480 g/mol. The maximum absolute atomic E-state index is 13.5. The third-order valence-electron chi connectivity index (χ3n) is 4.16. The number of pyridine rings is 2. The van der Waals surface area contributed by atoms with Crippen LogP contribution in [0.1, 0.15) is 5.56 Å². The first-order chi connectivity index (χ1) is 14.9. The quantitative estimate of drug-likeness (QED) is 0.447. The molecule has 0 spiro atoms. The van der Waals surface area contributed by atoms with E-state index in [1.807, 2.05) is 0 Å². The highest BCUT2D eigenvalue weighted by Gasteiger charge is 2.24. The molecule has 0 unspecified atom stereocenters. The molecule has 0 aliphatic rings. The molecule has 0 amide bonds. The number of sulfone groups is 1. The molecule has 3 heterocycles. The summed E-state index contributed by atoms with van der Waals surface area (Å²) in [7, 11) is -4.11. The molecule has 158 valence electrons. The first-order valence-electron chi connectivity index (χ1n) is 8.64. The monoisotopic (exact) mass is 479 g/mol. The normalized spacial score (nSPS) is 11.5. The highest BCUT2D eigenvalue weighted by molar-refractivity contribution is 7.91. The zero-order valence-electron chi connectivity index (χ0n) is 15.4. The van der Waals surface area contributed by atoms with Crippen molar-refractivity contribution in [1.82, 2.24) is 30.2 Å². The number of hydrogen-bond acceptors (Lipinski definition) is 8. The molecule has 0 fully saturated rings. The van der Waals surface area contributed by atoms with Gasteiger partial charge < -0.3 is 5.32 Å². The Morgan fingerprint density at radius 3 is 2.77 bits per heavy atom. The van der Waals surface area contributed by atoms with Crippen LogP contribution in [0.5, 0.6) is 0 Å². The van der Waals surface area contributed by atoms with Gasteiger partial charge in [0.1, 0.15) is 5.82 Å². The number of nitrogens with one attached hydrogen (secondary N) is 1. The first-order valence-corrected chi connectivity index (χ1v) is 10.9. The van der Waals surface area contributed by atoms with Gasteiger partial charge in [-0.2, -0.15) is 4.68 Å². The Hall–Kier alpha value is -3.15. The molecule has 9 nitrogen and oxygen atoms in total. The zero-order chi connectivity index (χ0) is 22.0. The van der Waals surface area contributed by atoms with Crippen LogP contribution in [-0.2, 0) is 16.4 Å². The van der Waals surface area contributed by atoms with Crippen molar-refractivity contribution in [3.8, 4) is 5.69 Å². The van der Waals surface area contributed by atoms with E-state index in [-0.39, 0.29) is 27.4 Å². The van der Waals surface area contributed by atoms with E-state index < -0.39 is 15.7 Å². The van der Waals surface area contributed by atoms with Gasteiger partial charge in [-0.3, -0.25) is 4.98 Å². The molecule has 0 aliphatic carbocycles. The summed E-state index contributed by atoms with van der Waals surface area (Å²) in [6.07, 6.45) is 3.31. The van der Waals surface area contributed by atoms with Crippen molar-refractivity contribution in [3.63, 3.8) is 0 Å². The van der Waals surface area contributed by atoms with Crippen molar-refractivity contribution >= 4 is 39.0 Å². The van der Waals surface area contributed by atoms with Gasteiger partial charge in [-0.25, -0.2) is 17.8 Å². The Bertz CT molecular complexity index is 1360. The molecule has 0 saturated carbocycles. The third kappa shape index (κ3) is 4.20. The van der Waals surface area contributed by atoms with E-state index in [4.69, 9.17) is 23.2 Å². The van der Waals surface area contributed by atoms with Crippen LogP contribution in [-0.4, -0.2) is 38.6 Å². The maximum atomic E-state index is 13.5. The Kier molecular flexibility index (Phi) is 5.81. The Morgan fingerprint density at radius 2 is 1.97 bits per heavy atom. The molecule has 4 aromatic rings. The average Bonchev–Trinajstić information content (AvgIpc) is 3.23. The number of benzene rings is 1. The molecule has 13 heteroatoms. The van der Waals surface area contributed by atoms with Crippen molar-refractivity contribution in [3.05, 3.63) is 76.4 Å². The molecule has 0 saturated heterocycles. The van der Waals surface area contributed by atoms with Crippen LogP contribution in [0, 0.1) is 5.82 Å². The molecule has 0 bridgehead atoms. The molecule has 4 rings (SSSR count). The van der Waals surface area contributed by atoms with E-state index in [9.17, 15) is 12.8 Å². The number of nitrogens with zero attached hydrogens (tertiary/aromatic N) is 6. The molecule has 0 atom stereocenters. The summed E-state index contributed by atoms with van der Waals surface area (Å²) in [4.78, 5) is 7.29. The lowest BCUT2D eigenvalue weighted by Crippen LogP contribution is -2.13. The molecule has 31 heavy (non-hydrogen) atoms. The minimum Gasteiger partial charge on any atom is -0.349 e. The van der Waals surface area contributed by atoms with Gasteiger partial charge in [0.2, 0.25) is 15.8 Å².